The highest BCUT2D eigenvalue weighted by atomic mass is 79.9. The zero-order valence-electron chi connectivity index (χ0n) is 10.8. The van der Waals surface area contributed by atoms with Crippen LogP contribution in [-0.4, -0.2) is 12.9 Å². The maximum absolute atomic E-state index is 13.7. The van der Waals surface area contributed by atoms with E-state index in [0.29, 0.717) is 5.75 Å². The van der Waals surface area contributed by atoms with Gasteiger partial charge < -0.3 is 4.74 Å². The molecule has 0 saturated carbocycles. The molecule has 0 aliphatic carbocycles. The van der Waals surface area contributed by atoms with Crippen molar-refractivity contribution in [1.82, 2.24) is 0 Å². The third kappa shape index (κ3) is 3.54. The lowest BCUT2D eigenvalue weighted by molar-refractivity contribution is 0.104. The molecule has 102 valence electrons. The highest BCUT2D eigenvalue weighted by Gasteiger charge is 2.09. The Hall–Kier alpha value is -1.94. The Labute approximate surface area is 125 Å². The molecule has 0 heterocycles. The first kappa shape index (κ1) is 14.5. The van der Waals surface area contributed by atoms with Gasteiger partial charge in [0.1, 0.15) is 11.6 Å². The van der Waals surface area contributed by atoms with E-state index in [9.17, 15) is 9.18 Å². The van der Waals surface area contributed by atoms with Crippen LogP contribution in [0.2, 0.25) is 0 Å². The lowest BCUT2D eigenvalue weighted by Crippen LogP contribution is -1.99. The Morgan fingerprint density at radius 2 is 1.90 bits per heavy atom. The molecule has 0 aromatic heterocycles. The number of benzene rings is 2. The molecular formula is C16H12BrFO2. The molecule has 0 fully saturated rings. The third-order valence-corrected chi connectivity index (χ3v) is 3.27. The number of ketones is 1. The molecule has 0 N–H and O–H groups in total. The van der Waals surface area contributed by atoms with Crippen LogP contribution in [0.3, 0.4) is 0 Å². The van der Waals surface area contributed by atoms with Gasteiger partial charge in [0.05, 0.1) is 12.7 Å². The molecule has 0 bridgehead atoms. The number of rotatable bonds is 4. The van der Waals surface area contributed by atoms with E-state index in [0.717, 1.165) is 10.0 Å². The number of methoxy groups -OCH3 is 1. The van der Waals surface area contributed by atoms with Gasteiger partial charge in [0.25, 0.3) is 0 Å². The number of carbonyl (C=O) groups is 1. The summed E-state index contributed by atoms with van der Waals surface area (Å²) in [6.07, 6.45) is 3.01. The molecule has 0 atom stereocenters. The summed E-state index contributed by atoms with van der Waals surface area (Å²) in [4.78, 5) is 11.9. The van der Waals surface area contributed by atoms with Gasteiger partial charge in [0.2, 0.25) is 0 Å². The SMILES string of the molecule is COc1ccc(C(=O)C=Cc2ccc(Br)cc2)c(F)c1. The van der Waals surface area contributed by atoms with Crippen LogP contribution in [0, 0.1) is 5.82 Å². The van der Waals surface area contributed by atoms with Gasteiger partial charge in [-0.15, -0.1) is 0 Å². The molecule has 2 aromatic carbocycles. The van der Waals surface area contributed by atoms with Crippen molar-refractivity contribution in [3.05, 3.63) is 70.0 Å². The molecule has 2 aromatic rings. The maximum atomic E-state index is 13.7. The summed E-state index contributed by atoms with van der Waals surface area (Å²) >= 11 is 3.33. The Bertz CT molecular complexity index is 648. The molecule has 4 heteroatoms. The van der Waals surface area contributed by atoms with Crippen LogP contribution in [0.1, 0.15) is 15.9 Å². The average Bonchev–Trinajstić information content (AvgIpc) is 2.46. The van der Waals surface area contributed by atoms with Crippen LogP contribution in [0.25, 0.3) is 6.08 Å². The molecule has 0 aliphatic heterocycles. The second-order valence-electron chi connectivity index (χ2n) is 4.09. The third-order valence-electron chi connectivity index (χ3n) is 2.74. The second kappa shape index (κ2) is 6.48. The minimum Gasteiger partial charge on any atom is -0.497 e. The average molecular weight is 335 g/mol. The molecule has 20 heavy (non-hydrogen) atoms. The zero-order valence-corrected chi connectivity index (χ0v) is 12.4. The second-order valence-corrected chi connectivity index (χ2v) is 5.01. The smallest absolute Gasteiger partial charge is 0.188 e. The van der Waals surface area contributed by atoms with E-state index in [-0.39, 0.29) is 11.3 Å². The first-order valence-corrected chi connectivity index (χ1v) is 6.71. The summed E-state index contributed by atoms with van der Waals surface area (Å²) in [5.74, 6) is -0.584. The van der Waals surface area contributed by atoms with E-state index in [2.05, 4.69) is 15.9 Å². The van der Waals surface area contributed by atoms with E-state index in [1.165, 1.54) is 25.3 Å². The lowest BCUT2D eigenvalue weighted by Gasteiger charge is -2.02. The number of carbonyl (C=O) groups excluding carboxylic acids is 1. The fourth-order valence-electron chi connectivity index (χ4n) is 1.66. The van der Waals surface area contributed by atoms with Gasteiger partial charge >= 0.3 is 0 Å². The lowest BCUT2D eigenvalue weighted by atomic mass is 10.1. The largest absolute Gasteiger partial charge is 0.497 e. The van der Waals surface area contributed by atoms with Gasteiger partial charge in [-0.2, -0.15) is 0 Å². The fraction of sp³-hybridized carbons (Fsp3) is 0.0625. The minimum absolute atomic E-state index is 0.0270. The normalized spacial score (nSPS) is 10.8. The van der Waals surface area contributed by atoms with Crippen molar-refractivity contribution in [3.8, 4) is 5.75 Å². The Morgan fingerprint density at radius 1 is 1.20 bits per heavy atom. The van der Waals surface area contributed by atoms with E-state index in [1.54, 1.807) is 12.1 Å². The van der Waals surface area contributed by atoms with Gasteiger partial charge in [-0.3, -0.25) is 4.79 Å². The number of ether oxygens (including phenoxy) is 1. The van der Waals surface area contributed by atoms with Gasteiger partial charge in [0, 0.05) is 10.5 Å². The van der Waals surface area contributed by atoms with Crippen molar-refractivity contribution >= 4 is 27.8 Å². The summed E-state index contributed by atoms with van der Waals surface area (Å²) in [7, 11) is 1.45. The summed E-state index contributed by atoms with van der Waals surface area (Å²) in [6, 6.07) is 11.6. The molecule has 0 aliphatic rings. The Balaban J connectivity index is 2.17. The van der Waals surface area contributed by atoms with Crippen LogP contribution in [0.5, 0.6) is 5.75 Å². The Kier molecular flexibility index (Phi) is 4.69. The zero-order chi connectivity index (χ0) is 14.5. The molecule has 2 rings (SSSR count). The van der Waals surface area contributed by atoms with Gasteiger partial charge in [-0.25, -0.2) is 4.39 Å². The number of hydrogen-bond acceptors (Lipinski definition) is 2. The summed E-state index contributed by atoms with van der Waals surface area (Å²) < 4.78 is 19.6. The predicted octanol–water partition coefficient (Wildman–Crippen LogP) is 4.49. The van der Waals surface area contributed by atoms with Crippen molar-refractivity contribution in [3.63, 3.8) is 0 Å². The number of halogens is 2. The Morgan fingerprint density at radius 3 is 2.50 bits per heavy atom. The van der Waals surface area contributed by atoms with E-state index in [1.807, 2.05) is 24.3 Å². The maximum Gasteiger partial charge on any atom is 0.188 e. The number of hydrogen-bond donors (Lipinski definition) is 0. The first-order valence-electron chi connectivity index (χ1n) is 5.91. The quantitative estimate of drug-likeness (QED) is 0.608. The fourth-order valence-corrected chi connectivity index (χ4v) is 1.92. The molecular weight excluding hydrogens is 323 g/mol. The monoisotopic (exact) mass is 334 g/mol. The van der Waals surface area contributed by atoms with Crippen LogP contribution in [0.4, 0.5) is 4.39 Å². The highest BCUT2D eigenvalue weighted by molar-refractivity contribution is 9.10. The van der Waals surface area contributed by atoms with Crippen molar-refractivity contribution in [2.75, 3.05) is 7.11 Å². The number of allylic oxidation sites excluding steroid dienone is 1. The van der Waals surface area contributed by atoms with Gasteiger partial charge in [-0.1, -0.05) is 34.1 Å². The van der Waals surface area contributed by atoms with Crippen molar-refractivity contribution in [2.45, 2.75) is 0 Å². The molecule has 0 saturated heterocycles. The van der Waals surface area contributed by atoms with E-state index >= 15 is 0 Å². The van der Waals surface area contributed by atoms with Crippen molar-refractivity contribution < 1.29 is 13.9 Å². The van der Waals surface area contributed by atoms with Crippen LogP contribution in [-0.2, 0) is 0 Å². The molecule has 0 radical (unpaired) electrons. The van der Waals surface area contributed by atoms with Crippen LogP contribution < -0.4 is 4.74 Å². The summed E-state index contributed by atoms with van der Waals surface area (Å²) in [6.45, 7) is 0. The highest BCUT2D eigenvalue weighted by Crippen LogP contribution is 2.17. The summed E-state index contributed by atoms with van der Waals surface area (Å²) in [5, 5.41) is 0. The topological polar surface area (TPSA) is 26.3 Å². The van der Waals surface area contributed by atoms with Crippen molar-refractivity contribution in [2.24, 2.45) is 0 Å². The molecule has 0 unspecified atom stereocenters. The van der Waals surface area contributed by atoms with E-state index in [4.69, 9.17) is 4.74 Å². The van der Waals surface area contributed by atoms with Crippen molar-refractivity contribution in [1.29, 1.82) is 0 Å². The molecule has 0 spiro atoms. The van der Waals surface area contributed by atoms with Gasteiger partial charge in [0.15, 0.2) is 5.78 Å². The van der Waals surface area contributed by atoms with E-state index < -0.39 is 5.82 Å². The standard InChI is InChI=1S/C16H12BrFO2/c1-20-13-7-8-14(15(18)10-13)16(19)9-4-11-2-5-12(17)6-3-11/h2-10H,1H3. The first-order chi connectivity index (χ1) is 9.60. The van der Waals surface area contributed by atoms with Crippen LogP contribution >= 0.6 is 15.9 Å². The predicted molar refractivity (Wildman–Crippen MR) is 80.5 cm³/mol. The molecule has 2 nitrogen and oxygen atoms in total. The molecule has 0 amide bonds. The summed E-state index contributed by atoms with van der Waals surface area (Å²) in [5.41, 5.74) is 0.898. The van der Waals surface area contributed by atoms with Gasteiger partial charge in [-0.05, 0) is 35.9 Å². The minimum atomic E-state index is -0.588. The van der Waals surface area contributed by atoms with Crippen LogP contribution in [0.15, 0.2) is 53.0 Å².